The van der Waals surface area contributed by atoms with Crippen molar-refractivity contribution >= 4 is 21.9 Å². The Balaban J connectivity index is 2.80. The van der Waals surface area contributed by atoms with Crippen LogP contribution in [0.4, 0.5) is 0 Å². The van der Waals surface area contributed by atoms with Crippen molar-refractivity contribution in [3.63, 3.8) is 0 Å². The highest BCUT2D eigenvalue weighted by molar-refractivity contribution is 9.10. The van der Waals surface area contributed by atoms with Crippen LogP contribution < -0.4 is 0 Å². The molecule has 0 spiro atoms. The van der Waals surface area contributed by atoms with Gasteiger partial charge < -0.3 is 10.2 Å². The highest BCUT2D eigenvalue weighted by Crippen LogP contribution is 2.40. The zero-order valence-corrected chi connectivity index (χ0v) is 13.2. The molecule has 1 aromatic carbocycles. The lowest BCUT2D eigenvalue weighted by atomic mass is 9.95. The summed E-state index contributed by atoms with van der Waals surface area (Å²) in [6, 6.07) is 1.54. The van der Waals surface area contributed by atoms with Crippen molar-refractivity contribution in [2.45, 2.75) is 20.8 Å². The number of halogens is 1. The summed E-state index contributed by atoms with van der Waals surface area (Å²) in [6.45, 7) is 5.60. The zero-order valence-electron chi connectivity index (χ0n) is 11.7. The summed E-state index contributed by atoms with van der Waals surface area (Å²) >= 11 is 3.38. The number of hydrogen-bond donors (Lipinski definition) is 2. The quantitative estimate of drug-likeness (QED) is 0.881. The number of benzene rings is 1. The summed E-state index contributed by atoms with van der Waals surface area (Å²) in [6.07, 6.45) is 0. The highest BCUT2D eigenvalue weighted by atomic mass is 79.9. The minimum absolute atomic E-state index is 0.00292. The van der Waals surface area contributed by atoms with E-state index in [2.05, 4.69) is 21.0 Å². The number of carboxylic acids is 1. The van der Waals surface area contributed by atoms with Crippen LogP contribution in [0.1, 0.15) is 27.2 Å². The number of aromatic carboxylic acids is 1. The lowest BCUT2D eigenvalue weighted by Crippen LogP contribution is -2.01. The van der Waals surface area contributed by atoms with Gasteiger partial charge in [-0.25, -0.2) is 4.79 Å². The second-order valence-corrected chi connectivity index (χ2v) is 5.55. The number of aryl methyl sites for hydroxylation is 1. The van der Waals surface area contributed by atoms with Crippen molar-refractivity contribution in [1.29, 1.82) is 0 Å². The van der Waals surface area contributed by atoms with E-state index in [4.69, 9.17) is 5.11 Å². The van der Waals surface area contributed by atoms with Gasteiger partial charge in [-0.1, -0.05) is 0 Å². The molecule has 0 aliphatic rings. The second-order valence-electron chi connectivity index (χ2n) is 4.76. The van der Waals surface area contributed by atoms with Crippen molar-refractivity contribution in [1.82, 2.24) is 9.78 Å². The van der Waals surface area contributed by atoms with E-state index >= 15 is 0 Å². The normalized spacial score (nSPS) is 10.8. The van der Waals surface area contributed by atoms with Crippen LogP contribution in [-0.2, 0) is 7.05 Å². The lowest BCUT2D eigenvalue weighted by Gasteiger charge is -2.16. The van der Waals surface area contributed by atoms with Crippen molar-refractivity contribution in [3.05, 3.63) is 32.9 Å². The van der Waals surface area contributed by atoms with E-state index in [0.29, 0.717) is 10.2 Å². The molecule has 1 heterocycles. The highest BCUT2D eigenvalue weighted by Gasteiger charge is 2.20. The Morgan fingerprint density at radius 2 is 1.85 bits per heavy atom. The molecule has 5 nitrogen and oxygen atoms in total. The van der Waals surface area contributed by atoms with E-state index in [-0.39, 0.29) is 11.4 Å². The third-order valence-electron chi connectivity index (χ3n) is 3.56. The molecule has 0 radical (unpaired) electrons. The van der Waals surface area contributed by atoms with Crippen LogP contribution in [0.2, 0.25) is 0 Å². The van der Waals surface area contributed by atoms with Crippen LogP contribution >= 0.6 is 15.9 Å². The maximum absolute atomic E-state index is 11.0. The lowest BCUT2D eigenvalue weighted by molar-refractivity contribution is 0.0689. The van der Waals surface area contributed by atoms with Crippen molar-refractivity contribution in [2.75, 3.05) is 0 Å². The zero-order chi connectivity index (χ0) is 15.2. The number of phenolic OH excluding ortho intramolecular Hbond substituents is 1. The Morgan fingerprint density at radius 3 is 2.35 bits per heavy atom. The maximum Gasteiger partial charge on any atom is 0.356 e. The first kappa shape index (κ1) is 14.6. The molecule has 2 N–H and O–H groups in total. The first-order valence-electron chi connectivity index (χ1n) is 6.01. The average molecular weight is 339 g/mol. The van der Waals surface area contributed by atoms with Crippen LogP contribution in [-0.4, -0.2) is 26.0 Å². The van der Waals surface area contributed by atoms with E-state index < -0.39 is 5.97 Å². The van der Waals surface area contributed by atoms with Gasteiger partial charge in [-0.05, 0) is 59.5 Å². The van der Waals surface area contributed by atoms with Crippen molar-refractivity contribution < 1.29 is 15.0 Å². The van der Waals surface area contributed by atoms with Gasteiger partial charge in [0.25, 0.3) is 0 Å². The van der Waals surface area contributed by atoms with Gasteiger partial charge in [0.15, 0.2) is 5.69 Å². The fourth-order valence-corrected chi connectivity index (χ4v) is 2.78. The Morgan fingerprint density at radius 1 is 1.25 bits per heavy atom. The summed E-state index contributed by atoms with van der Waals surface area (Å²) in [4.78, 5) is 11.0. The van der Waals surface area contributed by atoms with Crippen LogP contribution in [0.25, 0.3) is 11.3 Å². The average Bonchev–Trinajstić information content (AvgIpc) is 2.77. The minimum Gasteiger partial charge on any atom is -0.506 e. The van der Waals surface area contributed by atoms with Gasteiger partial charge >= 0.3 is 5.97 Å². The number of phenols is 1. The fraction of sp³-hybridized carbons (Fsp3) is 0.286. The number of rotatable bonds is 2. The molecule has 1 aromatic heterocycles. The largest absolute Gasteiger partial charge is 0.506 e. The number of aromatic hydroxyl groups is 1. The Hall–Kier alpha value is -1.82. The summed E-state index contributed by atoms with van der Waals surface area (Å²) in [5.41, 5.74) is 4.11. The topological polar surface area (TPSA) is 75.3 Å². The molecule has 0 atom stereocenters. The summed E-state index contributed by atoms with van der Waals surface area (Å²) in [5, 5.41) is 23.1. The molecule has 0 bridgehead atoms. The molecule has 2 aromatic rings. The smallest absolute Gasteiger partial charge is 0.356 e. The third-order valence-corrected chi connectivity index (χ3v) is 4.53. The molecule has 20 heavy (non-hydrogen) atoms. The van der Waals surface area contributed by atoms with Gasteiger partial charge in [-0.3, -0.25) is 4.68 Å². The van der Waals surface area contributed by atoms with Crippen LogP contribution in [0.5, 0.6) is 5.75 Å². The molecule has 2 rings (SSSR count). The van der Waals surface area contributed by atoms with E-state index in [1.54, 1.807) is 17.8 Å². The molecule has 0 saturated heterocycles. The number of nitrogens with zero attached hydrogens (tertiary/aromatic N) is 2. The molecule has 0 aliphatic heterocycles. The van der Waals surface area contributed by atoms with Crippen LogP contribution in [0.15, 0.2) is 10.5 Å². The first-order valence-corrected chi connectivity index (χ1v) is 6.81. The van der Waals surface area contributed by atoms with Gasteiger partial charge in [0.2, 0.25) is 0 Å². The molecule has 0 saturated carbocycles. The van der Waals surface area contributed by atoms with E-state index in [0.717, 1.165) is 22.3 Å². The van der Waals surface area contributed by atoms with Crippen LogP contribution in [0.3, 0.4) is 0 Å². The van der Waals surface area contributed by atoms with Crippen molar-refractivity contribution in [2.24, 2.45) is 7.05 Å². The van der Waals surface area contributed by atoms with E-state index in [1.807, 2.05) is 20.8 Å². The predicted molar refractivity (Wildman–Crippen MR) is 79.2 cm³/mol. The molecule has 106 valence electrons. The van der Waals surface area contributed by atoms with Crippen LogP contribution in [0, 0.1) is 20.8 Å². The van der Waals surface area contributed by atoms with Gasteiger partial charge in [-0.15, -0.1) is 0 Å². The monoisotopic (exact) mass is 338 g/mol. The molecule has 0 aliphatic carbocycles. The summed E-state index contributed by atoms with van der Waals surface area (Å²) in [5.74, 6) is -0.846. The molecular formula is C14H15BrN2O3. The molecule has 0 fully saturated rings. The number of hydrogen-bond acceptors (Lipinski definition) is 3. The Bertz CT molecular complexity index is 691. The number of carbonyl (C=O) groups is 1. The predicted octanol–water partition coefficient (Wildman–Crippen LogP) is 3.18. The first-order chi connectivity index (χ1) is 9.25. The van der Waals surface area contributed by atoms with Gasteiger partial charge in [0.05, 0.1) is 10.2 Å². The maximum atomic E-state index is 11.0. The summed E-state index contributed by atoms with van der Waals surface area (Å²) < 4.78 is 2.16. The Kier molecular flexibility index (Phi) is 3.60. The van der Waals surface area contributed by atoms with E-state index in [1.165, 1.54) is 0 Å². The summed E-state index contributed by atoms with van der Waals surface area (Å²) in [7, 11) is 1.71. The van der Waals surface area contributed by atoms with E-state index in [9.17, 15) is 9.90 Å². The standard InChI is InChI=1S/C14H15BrN2O3/c1-6-7(2)13(18)12(15)8(3)11(6)10-5-9(14(19)20)16-17(10)4/h5,18H,1-4H3,(H,19,20). The van der Waals surface area contributed by atoms with Crippen molar-refractivity contribution in [3.8, 4) is 17.0 Å². The molecule has 0 unspecified atom stereocenters. The van der Waals surface area contributed by atoms with Gasteiger partial charge in [0, 0.05) is 12.6 Å². The SMILES string of the molecule is Cc1c(C)c(-c2cc(C(=O)O)nn2C)c(C)c(Br)c1O. The molecule has 0 amide bonds. The third kappa shape index (κ3) is 2.10. The van der Waals surface area contributed by atoms with Gasteiger partial charge in [0.1, 0.15) is 5.75 Å². The number of aromatic nitrogens is 2. The van der Waals surface area contributed by atoms with Gasteiger partial charge in [-0.2, -0.15) is 5.10 Å². The fourth-order valence-electron chi connectivity index (χ4n) is 2.29. The Labute approximate surface area is 125 Å². The molecular weight excluding hydrogens is 324 g/mol. The molecule has 6 heteroatoms. The second kappa shape index (κ2) is 4.94. The number of carboxylic acid groups (broad SMARTS) is 1. The minimum atomic E-state index is -1.06.